The fourth-order valence-corrected chi connectivity index (χ4v) is 2.75. The van der Waals surface area contributed by atoms with Gasteiger partial charge in [-0.3, -0.25) is 4.79 Å². The summed E-state index contributed by atoms with van der Waals surface area (Å²) >= 11 is 5.94. The molecule has 0 unspecified atom stereocenters. The van der Waals surface area contributed by atoms with E-state index in [1.54, 1.807) is 7.11 Å². The van der Waals surface area contributed by atoms with Crippen molar-refractivity contribution in [2.45, 2.75) is 26.4 Å². The molecule has 24 heavy (non-hydrogen) atoms. The molecule has 128 valence electrons. The SMILES string of the molecule is COc1ccc(C)cc1[C@H](C)[NH2+]CC(=O)NCc1cccc(Cl)c1. The first-order chi connectivity index (χ1) is 11.5. The van der Waals surface area contributed by atoms with Gasteiger partial charge in [-0.25, -0.2) is 0 Å². The Morgan fingerprint density at radius 3 is 2.79 bits per heavy atom. The van der Waals surface area contributed by atoms with Crippen LogP contribution in [0.25, 0.3) is 0 Å². The molecule has 2 aromatic carbocycles. The molecule has 0 aliphatic heterocycles. The molecule has 3 N–H and O–H groups in total. The Morgan fingerprint density at radius 1 is 1.29 bits per heavy atom. The molecular formula is C19H24ClN2O2+. The molecule has 0 saturated carbocycles. The van der Waals surface area contributed by atoms with E-state index in [1.807, 2.05) is 48.6 Å². The Labute approximate surface area is 148 Å². The molecule has 5 heteroatoms. The third-order valence-electron chi connectivity index (χ3n) is 3.91. The van der Waals surface area contributed by atoms with Gasteiger partial charge in [0.1, 0.15) is 11.8 Å². The lowest BCUT2D eigenvalue weighted by atomic mass is 10.0. The minimum atomic E-state index is -0.00607. The van der Waals surface area contributed by atoms with E-state index in [4.69, 9.17) is 16.3 Å². The maximum Gasteiger partial charge on any atom is 0.275 e. The number of aryl methyl sites for hydroxylation is 1. The summed E-state index contributed by atoms with van der Waals surface area (Å²) in [6, 6.07) is 13.7. The smallest absolute Gasteiger partial charge is 0.275 e. The van der Waals surface area contributed by atoms with E-state index < -0.39 is 0 Å². The number of benzene rings is 2. The Hall–Kier alpha value is -2.04. The van der Waals surface area contributed by atoms with Crippen molar-refractivity contribution in [2.24, 2.45) is 0 Å². The maximum absolute atomic E-state index is 12.1. The van der Waals surface area contributed by atoms with Crippen molar-refractivity contribution in [3.05, 3.63) is 64.2 Å². The number of amides is 1. The highest BCUT2D eigenvalue weighted by molar-refractivity contribution is 6.30. The van der Waals surface area contributed by atoms with E-state index in [1.165, 1.54) is 5.56 Å². The molecule has 0 aliphatic rings. The standard InChI is InChI=1S/C19H23ClN2O2/c1-13-7-8-18(24-3)17(9-13)14(2)21-12-19(23)22-11-15-5-4-6-16(20)10-15/h4-10,14,21H,11-12H2,1-3H3,(H,22,23)/p+1/t14-/m0/s1. The van der Waals surface area contributed by atoms with Gasteiger partial charge in [-0.1, -0.05) is 35.4 Å². The zero-order valence-corrected chi connectivity index (χ0v) is 15.1. The number of methoxy groups -OCH3 is 1. The summed E-state index contributed by atoms with van der Waals surface area (Å²) < 4.78 is 5.41. The lowest BCUT2D eigenvalue weighted by Gasteiger charge is -2.15. The van der Waals surface area contributed by atoms with Crippen LogP contribution >= 0.6 is 11.6 Å². The number of halogens is 1. The number of carbonyl (C=O) groups excluding carboxylic acids is 1. The zero-order valence-electron chi connectivity index (χ0n) is 14.3. The summed E-state index contributed by atoms with van der Waals surface area (Å²) in [5, 5.41) is 5.59. The molecule has 0 radical (unpaired) electrons. The predicted octanol–water partition coefficient (Wildman–Crippen LogP) is 2.60. The monoisotopic (exact) mass is 347 g/mol. The molecule has 2 aromatic rings. The Balaban J connectivity index is 1.86. The lowest BCUT2D eigenvalue weighted by molar-refractivity contribution is -0.682. The third-order valence-corrected chi connectivity index (χ3v) is 4.15. The topological polar surface area (TPSA) is 54.9 Å². The number of ether oxygens (including phenoxy) is 1. The van der Waals surface area contributed by atoms with Crippen LogP contribution in [-0.2, 0) is 11.3 Å². The molecule has 1 amide bonds. The first-order valence-corrected chi connectivity index (χ1v) is 8.36. The third kappa shape index (κ3) is 5.25. The normalized spacial score (nSPS) is 11.8. The Bertz CT molecular complexity index is 704. The van der Waals surface area contributed by atoms with E-state index in [9.17, 15) is 4.79 Å². The Morgan fingerprint density at radius 2 is 2.08 bits per heavy atom. The van der Waals surface area contributed by atoms with Gasteiger partial charge in [0, 0.05) is 11.6 Å². The van der Waals surface area contributed by atoms with Crippen LogP contribution in [0.4, 0.5) is 0 Å². The average Bonchev–Trinajstić information content (AvgIpc) is 2.58. The first-order valence-electron chi connectivity index (χ1n) is 7.98. The Kier molecular flexibility index (Phi) is 6.64. The maximum atomic E-state index is 12.1. The van der Waals surface area contributed by atoms with E-state index in [2.05, 4.69) is 18.3 Å². The van der Waals surface area contributed by atoms with Crippen LogP contribution in [0.2, 0.25) is 5.02 Å². The quantitative estimate of drug-likeness (QED) is 0.809. The molecule has 1 atom stereocenters. The molecule has 0 spiro atoms. The molecule has 2 rings (SSSR count). The van der Waals surface area contributed by atoms with Crippen molar-refractivity contribution in [1.82, 2.24) is 5.32 Å². The fraction of sp³-hybridized carbons (Fsp3) is 0.316. The van der Waals surface area contributed by atoms with Crippen LogP contribution in [0.5, 0.6) is 5.75 Å². The van der Waals surface area contributed by atoms with Gasteiger partial charge in [-0.15, -0.1) is 0 Å². The van der Waals surface area contributed by atoms with Gasteiger partial charge in [0.2, 0.25) is 0 Å². The summed E-state index contributed by atoms with van der Waals surface area (Å²) in [5.74, 6) is 0.845. The second-order valence-corrected chi connectivity index (χ2v) is 6.32. The van der Waals surface area contributed by atoms with Crippen LogP contribution < -0.4 is 15.4 Å². The van der Waals surface area contributed by atoms with Crippen LogP contribution in [-0.4, -0.2) is 19.6 Å². The van der Waals surface area contributed by atoms with Crippen LogP contribution in [0.1, 0.15) is 29.7 Å². The molecule has 0 fully saturated rings. The number of rotatable bonds is 7. The minimum Gasteiger partial charge on any atom is -0.496 e. The second kappa shape index (κ2) is 8.71. The van der Waals surface area contributed by atoms with Gasteiger partial charge in [0.15, 0.2) is 6.54 Å². The molecule has 0 bridgehead atoms. The number of quaternary nitrogens is 1. The van der Waals surface area contributed by atoms with Crippen molar-refractivity contribution < 1.29 is 14.8 Å². The van der Waals surface area contributed by atoms with E-state index >= 15 is 0 Å². The van der Waals surface area contributed by atoms with Crippen LogP contribution in [0.15, 0.2) is 42.5 Å². The van der Waals surface area contributed by atoms with Crippen LogP contribution in [0, 0.1) is 6.92 Å². The molecule has 0 heterocycles. The van der Waals surface area contributed by atoms with Gasteiger partial charge in [-0.05, 0) is 43.7 Å². The first kappa shape index (κ1) is 18.3. The van der Waals surface area contributed by atoms with Crippen molar-refractivity contribution >= 4 is 17.5 Å². The van der Waals surface area contributed by atoms with Crippen molar-refractivity contribution in [2.75, 3.05) is 13.7 Å². The highest BCUT2D eigenvalue weighted by Crippen LogP contribution is 2.23. The van der Waals surface area contributed by atoms with Crippen LogP contribution in [0.3, 0.4) is 0 Å². The van der Waals surface area contributed by atoms with Gasteiger partial charge >= 0.3 is 0 Å². The van der Waals surface area contributed by atoms with Gasteiger partial charge in [0.05, 0.1) is 12.7 Å². The number of nitrogens with one attached hydrogen (secondary N) is 1. The molecule has 0 saturated heterocycles. The van der Waals surface area contributed by atoms with E-state index in [0.717, 1.165) is 16.9 Å². The molecule has 0 aromatic heterocycles. The predicted molar refractivity (Wildman–Crippen MR) is 96.2 cm³/mol. The largest absolute Gasteiger partial charge is 0.496 e. The van der Waals surface area contributed by atoms with Gasteiger partial charge in [-0.2, -0.15) is 0 Å². The fourth-order valence-electron chi connectivity index (χ4n) is 2.54. The minimum absolute atomic E-state index is 0.00607. The van der Waals surface area contributed by atoms with Gasteiger partial charge < -0.3 is 15.4 Å². The highest BCUT2D eigenvalue weighted by Gasteiger charge is 2.16. The molecule has 0 aliphatic carbocycles. The summed E-state index contributed by atoms with van der Waals surface area (Å²) in [6.45, 7) is 4.96. The highest BCUT2D eigenvalue weighted by atomic mass is 35.5. The molecule has 4 nitrogen and oxygen atoms in total. The summed E-state index contributed by atoms with van der Waals surface area (Å²) in [7, 11) is 1.67. The van der Waals surface area contributed by atoms with Crippen molar-refractivity contribution in [1.29, 1.82) is 0 Å². The summed E-state index contributed by atoms with van der Waals surface area (Å²) in [5.41, 5.74) is 3.26. The van der Waals surface area contributed by atoms with E-state index in [-0.39, 0.29) is 11.9 Å². The van der Waals surface area contributed by atoms with Crippen molar-refractivity contribution in [3.8, 4) is 5.75 Å². The zero-order chi connectivity index (χ0) is 17.5. The molecular weight excluding hydrogens is 324 g/mol. The number of hydrogen-bond acceptors (Lipinski definition) is 2. The summed E-state index contributed by atoms with van der Waals surface area (Å²) in [6.07, 6.45) is 0. The second-order valence-electron chi connectivity index (χ2n) is 5.88. The van der Waals surface area contributed by atoms with Gasteiger partial charge in [0.25, 0.3) is 5.91 Å². The van der Waals surface area contributed by atoms with E-state index in [0.29, 0.717) is 18.1 Å². The average molecular weight is 348 g/mol. The number of hydrogen-bond donors (Lipinski definition) is 2. The summed E-state index contributed by atoms with van der Waals surface area (Å²) in [4.78, 5) is 12.1. The lowest BCUT2D eigenvalue weighted by Crippen LogP contribution is -2.87. The number of carbonyl (C=O) groups is 1. The number of nitrogens with two attached hydrogens (primary N) is 1. The van der Waals surface area contributed by atoms with Crippen molar-refractivity contribution in [3.63, 3.8) is 0 Å².